The Kier molecular flexibility index (Phi) is 6.39. The van der Waals surface area contributed by atoms with E-state index in [-0.39, 0.29) is 12.5 Å². The molecule has 4 rings (SSSR count). The number of hydrogen-bond donors (Lipinski definition) is 0. The second kappa shape index (κ2) is 9.07. The number of ether oxygens (including phenoxy) is 1. The predicted octanol–water partition coefficient (Wildman–Crippen LogP) is 3.55. The highest BCUT2D eigenvalue weighted by Gasteiger charge is 2.23. The van der Waals surface area contributed by atoms with E-state index in [1.54, 1.807) is 18.2 Å². The lowest BCUT2D eigenvalue weighted by atomic mass is 10.0. The first-order valence-electron chi connectivity index (χ1n) is 10.6. The molecule has 0 unspecified atom stereocenters. The fourth-order valence-electron chi connectivity index (χ4n) is 3.59. The molecule has 0 saturated carbocycles. The molecule has 32 heavy (non-hydrogen) atoms. The SMILES string of the molecule is CC(C)c1ccc(OCC(=O)N2CCN(c3nc4ccc(S(C)(=O)=O)cc4s3)CC2)cc1. The molecule has 2 aromatic carbocycles. The third-order valence-electron chi connectivity index (χ3n) is 5.59. The summed E-state index contributed by atoms with van der Waals surface area (Å²) in [6.45, 7) is 6.84. The minimum atomic E-state index is -3.25. The van der Waals surface area contributed by atoms with Gasteiger partial charge in [-0.1, -0.05) is 37.3 Å². The zero-order chi connectivity index (χ0) is 22.9. The average Bonchev–Trinajstić information content (AvgIpc) is 3.21. The Balaban J connectivity index is 1.33. The minimum absolute atomic E-state index is 0.0242. The smallest absolute Gasteiger partial charge is 0.260 e. The van der Waals surface area contributed by atoms with E-state index in [0.717, 1.165) is 15.3 Å². The maximum atomic E-state index is 12.6. The zero-order valence-corrected chi connectivity index (χ0v) is 20.1. The first-order chi connectivity index (χ1) is 15.2. The molecule has 0 aliphatic carbocycles. The fourth-order valence-corrected chi connectivity index (χ4v) is 5.37. The van der Waals surface area contributed by atoms with Crippen LogP contribution in [0, 0.1) is 0 Å². The third-order valence-corrected chi connectivity index (χ3v) is 7.78. The minimum Gasteiger partial charge on any atom is -0.484 e. The topological polar surface area (TPSA) is 79.8 Å². The quantitative estimate of drug-likeness (QED) is 0.545. The summed E-state index contributed by atoms with van der Waals surface area (Å²) in [5.74, 6) is 1.13. The number of carbonyl (C=O) groups excluding carboxylic acids is 1. The number of anilines is 1. The van der Waals surface area contributed by atoms with Crippen LogP contribution in [0.5, 0.6) is 5.75 Å². The number of fused-ring (bicyclic) bond motifs is 1. The number of sulfone groups is 1. The Morgan fingerprint density at radius 1 is 1.09 bits per heavy atom. The van der Waals surface area contributed by atoms with E-state index in [2.05, 4.69) is 23.7 Å². The largest absolute Gasteiger partial charge is 0.484 e. The van der Waals surface area contributed by atoms with Crippen molar-refractivity contribution < 1.29 is 17.9 Å². The lowest BCUT2D eigenvalue weighted by molar-refractivity contribution is -0.133. The Bertz CT molecular complexity index is 1210. The van der Waals surface area contributed by atoms with Crippen molar-refractivity contribution in [3.8, 4) is 5.75 Å². The van der Waals surface area contributed by atoms with Crippen LogP contribution >= 0.6 is 11.3 Å². The van der Waals surface area contributed by atoms with E-state index in [9.17, 15) is 13.2 Å². The van der Waals surface area contributed by atoms with E-state index < -0.39 is 9.84 Å². The van der Waals surface area contributed by atoms with Gasteiger partial charge >= 0.3 is 0 Å². The van der Waals surface area contributed by atoms with Crippen LogP contribution in [-0.4, -0.2) is 63.3 Å². The molecule has 1 saturated heterocycles. The van der Waals surface area contributed by atoms with Gasteiger partial charge in [0.15, 0.2) is 21.6 Å². The molecule has 170 valence electrons. The summed E-state index contributed by atoms with van der Waals surface area (Å²) in [5, 5.41) is 0.847. The van der Waals surface area contributed by atoms with Gasteiger partial charge < -0.3 is 14.5 Å². The van der Waals surface area contributed by atoms with Gasteiger partial charge in [0.05, 0.1) is 15.1 Å². The van der Waals surface area contributed by atoms with Gasteiger partial charge in [0, 0.05) is 32.4 Å². The summed E-state index contributed by atoms with van der Waals surface area (Å²) in [6.07, 6.45) is 1.21. The second-order valence-corrected chi connectivity index (χ2v) is 11.3. The number of hydrogen-bond acceptors (Lipinski definition) is 7. The summed E-state index contributed by atoms with van der Waals surface area (Å²) in [5.41, 5.74) is 2.02. The van der Waals surface area contributed by atoms with Crippen LogP contribution in [0.2, 0.25) is 0 Å². The summed E-state index contributed by atoms with van der Waals surface area (Å²) in [4.78, 5) is 21.5. The molecule has 0 atom stereocenters. The van der Waals surface area contributed by atoms with Crippen LogP contribution in [-0.2, 0) is 14.6 Å². The Labute approximate surface area is 192 Å². The number of rotatable bonds is 6. The Morgan fingerprint density at radius 2 is 1.78 bits per heavy atom. The van der Waals surface area contributed by atoms with Crippen LogP contribution in [0.3, 0.4) is 0 Å². The molecule has 1 aromatic heterocycles. The molecule has 0 radical (unpaired) electrons. The van der Waals surface area contributed by atoms with Gasteiger partial charge in [-0.3, -0.25) is 4.79 Å². The van der Waals surface area contributed by atoms with Crippen LogP contribution in [0.25, 0.3) is 10.2 Å². The van der Waals surface area contributed by atoms with Crippen LogP contribution < -0.4 is 9.64 Å². The molecule has 0 N–H and O–H groups in total. The van der Waals surface area contributed by atoms with Crippen molar-refractivity contribution in [2.24, 2.45) is 0 Å². The molecule has 3 aromatic rings. The molecule has 0 spiro atoms. The summed E-state index contributed by atoms with van der Waals surface area (Å²) < 4.78 is 30.1. The van der Waals surface area contributed by atoms with Crippen molar-refractivity contribution in [3.63, 3.8) is 0 Å². The molecular weight excluding hydrogens is 446 g/mol. The van der Waals surface area contributed by atoms with E-state index in [4.69, 9.17) is 4.74 Å². The highest BCUT2D eigenvalue weighted by atomic mass is 32.2. The maximum Gasteiger partial charge on any atom is 0.260 e. The molecular formula is C23H27N3O4S2. The average molecular weight is 474 g/mol. The predicted molar refractivity (Wildman–Crippen MR) is 128 cm³/mol. The first kappa shape index (κ1) is 22.5. The molecule has 1 aliphatic heterocycles. The van der Waals surface area contributed by atoms with Crippen molar-refractivity contribution in [3.05, 3.63) is 48.0 Å². The van der Waals surface area contributed by atoms with E-state index in [0.29, 0.717) is 42.7 Å². The second-order valence-electron chi connectivity index (χ2n) is 8.28. The standard InChI is InChI=1S/C23H27N3O4S2/c1-16(2)17-4-6-18(7-5-17)30-15-22(27)25-10-12-26(13-11-25)23-24-20-9-8-19(32(3,28)29)14-21(20)31-23/h4-9,14,16H,10-13,15H2,1-3H3. The number of benzene rings is 2. The summed E-state index contributed by atoms with van der Waals surface area (Å²) >= 11 is 1.48. The molecule has 7 nitrogen and oxygen atoms in total. The lowest BCUT2D eigenvalue weighted by Gasteiger charge is -2.34. The number of carbonyl (C=O) groups is 1. The maximum absolute atomic E-state index is 12.6. The normalized spacial score (nSPS) is 14.9. The molecule has 1 amide bonds. The Hall–Kier alpha value is -2.65. The molecule has 1 aliphatic rings. The molecule has 1 fully saturated rings. The number of piperazine rings is 1. The molecule has 0 bridgehead atoms. The van der Waals surface area contributed by atoms with Gasteiger partial charge in [-0.05, 0) is 41.8 Å². The fraction of sp³-hybridized carbons (Fsp3) is 0.391. The van der Waals surface area contributed by atoms with E-state index >= 15 is 0 Å². The van der Waals surface area contributed by atoms with Gasteiger partial charge in [-0.2, -0.15) is 0 Å². The van der Waals surface area contributed by atoms with Crippen molar-refractivity contribution in [2.75, 3.05) is 43.9 Å². The zero-order valence-electron chi connectivity index (χ0n) is 18.4. The van der Waals surface area contributed by atoms with Crippen molar-refractivity contribution in [2.45, 2.75) is 24.7 Å². The summed E-state index contributed by atoms with van der Waals surface area (Å²) in [7, 11) is -3.25. The lowest BCUT2D eigenvalue weighted by Crippen LogP contribution is -2.50. The Morgan fingerprint density at radius 3 is 2.41 bits per heavy atom. The van der Waals surface area contributed by atoms with Crippen LogP contribution in [0.4, 0.5) is 5.13 Å². The first-order valence-corrected chi connectivity index (χ1v) is 13.3. The molecule has 9 heteroatoms. The van der Waals surface area contributed by atoms with Crippen molar-refractivity contribution in [1.29, 1.82) is 0 Å². The van der Waals surface area contributed by atoms with Gasteiger partial charge in [0.1, 0.15) is 5.75 Å². The number of nitrogens with zero attached hydrogens (tertiary/aromatic N) is 3. The number of aromatic nitrogens is 1. The monoisotopic (exact) mass is 473 g/mol. The van der Waals surface area contributed by atoms with Crippen molar-refractivity contribution >= 4 is 42.4 Å². The van der Waals surface area contributed by atoms with Gasteiger partial charge in [0.25, 0.3) is 5.91 Å². The summed E-state index contributed by atoms with van der Waals surface area (Å²) in [6, 6.07) is 12.9. The van der Waals surface area contributed by atoms with Crippen LogP contribution in [0.1, 0.15) is 25.3 Å². The van der Waals surface area contributed by atoms with E-state index in [1.807, 2.05) is 29.2 Å². The number of amides is 1. The van der Waals surface area contributed by atoms with Gasteiger partial charge in [-0.15, -0.1) is 0 Å². The highest BCUT2D eigenvalue weighted by molar-refractivity contribution is 7.90. The van der Waals surface area contributed by atoms with Crippen LogP contribution in [0.15, 0.2) is 47.4 Å². The van der Waals surface area contributed by atoms with E-state index in [1.165, 1.54) is 23.2 Å². The third kappa shape index (κ3) is 5.05. The molecule has 2 heterocycles. The van der Waals surface area contributed by atoms with Gasteiger partial charge in [0.2, 0.25) is 0 Å². The highest BCUT2D eigenvalue weighted by Crippen LogP contribution is 2.31. The number of thiazole rings is 1. The van der Waals surface area contributed by atoms with Gasteiger partial charge in [-0.25, -0.2) is 13.4 Å². The van der Waals surface area contributed by atoms with Crippen molar-refractivity contribution in [1.82, 2.24) is 9.88 Å².